The van der Waals surface area contributed by atoms with Crippen LogP contribution in [-0.4, -0.2) is 16.8 Å². The summed E-state index contributed by atoms with van der Waals surface area (Å²) in [5.74, 6) is -0.802. The minimum absolute atomic E-state index is 0.367. The standard InChI is InChI=1S/C17H12ClN3O2S/c18-13-5-3-11(4-6-13)14-7-8-15(24-14)17(23)21-20-16(22)12-2-1-9-19-10-12/h1-10H,(H,20,22)(H,21,23). The maximum atomic E-state index is 12.1. The molecule has 2 N–H and O–H groups in total. The first-order valence-corrected chi connectivity index (χ1v) is 8.19. The Labute approximate surface area is 147 Å². The molecule has 3 aromatic rings. The Balaban J connectivity index is 1.64. The second-order valence-electron chi connectivity index (χ2n) is 4.82. The van der Waals surface area contributed by atoms with Crippen LogP contribution in [0.5, 0.6) is 0 Å². The summed E-state index contributed by atoms with van der Waals surface area (Å²) in [5.41, 5.74) is 6.10. The number of carbonyl (C=O) groups excluding carboxylic acids is 2. The van der Waals surface area contributed by atoms with Gasteiger partial charge in [-0.3, -0.25) is 25.4 Å². The van der Waals surface area contributed by atoms with Gasteiger partial charge in [0.15, 0.2) is 0 Å². The number of hydrogen-bond donors (Lipinski definition) is 2. The van der Waals surface area contributed by atoms with Crippen molar-refractivity contribution in [3.63, 3.8) is 0 Å². The van der Waals surface area contributed by atoms with Crippen molar-refractivity contribution in [2.75, 3.05) is 0 Å². The average Bonchev–Trinajstić information content (AvgIpc) is 3.11. The van der Waals surface area contributed by atoms with Gasteiger partial charge in [-0.15, -0.1) is 11.3 Å². The number of nitrogens with zero attached hydrogens (tertiary/aromatic N) is 1. The van der Waals surface area contributed by atoms with Crippen LogP contribution in [0.4, 0.5) is 0 Å². The van der Waals surface area contributed by atoms with Gasteiger partial charge in [-0.25, -0.2) is 0 Å². The Hall–Kier alpha value is -2.70. The number of halogens is 1. The van der Waals surface area contributed by atoms with Crippen molar-refractivity contribution in [2.45, 2.75) is 0 Å². The van der Waals surface area contributed by atoms with E-state index in [0.717, 1.165) is 10.4 Å². The van der Waals surface area contributed by atoms with E-state index in [0.29, 0.717) is 15.5 Å². The molecule has 0 saturated heterocycles. The summed E-state index contributed by atoms with van der Waals surface area (Å²) in [6.07, 6.45) is 2.99. The summed E-state index contributed by atoms with van der Waals surface area (Å²) in [6, 6.07) is 14.2. The fraction of sp³-hybridized carbons (Fsp3) is 0. The molecule has 0 atom stereocenters. The summed E-state index contributed by atoms with van der Waals surface area (Å²) in [5, 5.41) is 0.659. The van der Waals surface area contributed by atoms with E-state index in [4.69, 9.17) is 11.6 Å². The minimum Gasteiger partial charge on any atom is -0.267 e. The van der Waals surface area contributed by atoms with E-state index in [2.05, 4.69) is 15.8 Å². The van der Waals surface area contributed by atoms with E-state index in [-0.39, 0.29) is 5.91 Å². The van der Waals surface area contributed by atoms with Crippen molar-refractivity contribution in [3.8, 4) is 10.4 Å². The number of hydrazine groups is 1. The van der Waals surface area contributed by atoms with E-state index < -0.39 is 5.91 Å². The van der Waals surface area contributed by atoms with Crippen molar-refractivity contribution >= 4 is 34.8 Å². The van der Waals surface area contributed by atoms with Crippen LogP contribution in [0, 0.1) is 0 Å². The lowest BCUT2D eigenvalue weighted by atomic mass is 10.2. The van der Waals surface area contributed by atoms with Gasteiger partial charge < -0.3 is 0 Å². The number of thiophene rings is 1. The zero-order chi connectivity index (χ0) is 16.9. The first-order chi connectivity index (χ1) is 11.6. The average molecular weight is 358 g/mol. The molecule has 2 amide bonds. The fourth-order valence-corrected chi connectivity index (χ4v) is 3.01. The van der Waals surface area contributed by atoms with E-state index in [9.17, 15) is 9.59 Å². The lowest BCUT2D eigenvalue weighted by Crippen LogP contribution is -2.41. The van der Waals surface area contributed by atoms with Gasteiger partial charge in [0, 0.05) is 22.3 Å². The minimum atomic E-state index is -0.425. The largest absolute Gasteiger partial charge is 0.279 e. The highest BCUT2D eigenvalue weighted by molar-refractivity contribution is 7.17. The summed E-state index contributed by atoms with van der Waals surface area (Å²) in [6.45, 7) is 0. The highest BCUT2D eigenvalue weighted by atomic mass is 35.5. The summed E-state index contributed by atoms with van der Waals surface area (Å²) >= 11 is 7.20. The van der Waals surface area contributed by atoms with Crippen molar-refractivity contribution < 1.29 is 9.59 Å². The van der Waals surface area contributed by atoms with Crippen LogP contribution in [0.15, 0.2) is 60.9 Å². The Morgan fingerprint density at radius 3 is 2.42 bits per heavy atom. The smallest absolute Gasteiger partial charge is 0.267 e. The van der Waals surface area contributed by atoms with Crippen molar-refractivity contribution in [3.05, 3.63) is 76.4 Å². The number of benzene rings is 1. The van der Waals surface area contributed by atoms with E-state index >= 15 is 0 Å². The van der Waals surface area contributed by atoms with E-state index in [1.54, 1.807) is 36.5 Å². The first kappa shape index (κ1) is 16.2. The van der Waals surface area contributed by atoms with E-state index in [1.807, 2.05) is 18.2 Å². The monoisotopic (exact) mass is 357 g/mol. The Kier molecular flexibility index (Phi) is 4.88. The zero-order valence-electron chi connectivity index (χ0n) is 12.3. The normalized spacial score (nSPS) is 10.2. The van der Waals surface area contributed by atoms with Gasteiger partial charge in [-0.1, -0.05) is 23.7 Å². The molecule has 120 valence electrons. The molecule has 0 spiro atoms. The molecule has 0 unspecified atom stereocenters. The van der Waals surface area contributed by atoms with Crippen molar-refractivity contribution in [1.82, 2.24) is 15.8 Å². The second-order valence-corrected chi connectivity index (χ2v) is 6.34. The van der Waals surface area contributed by atoms with Gasteiger partial charge >= 0.3 is 0 Å². The summed E-state index contributed by atoms with van der Waals surface area (Å²) < 4.78 is 0. The van der Waals surface area contributed by atoms with Gasteiger partial charge in [-0.05, 0) is 42.0 Å². The predicted octanol–water partition coefficient (Wildman–Crippen LogP) is 3.54. The quantitative estimate of drug-likeness (QED) is 0.704. The van der Waals surface area contributed by atoms with Crippen LogP contribution in [0.2, 0.25) is 5.02 Å². The fourth-order valence-electron chi connectivity index (χ4n) is 1.97. The molecule has 0 aliphatic rings. The van der Waals surface area contributed by atoms with Crippen LogP contribution in [0.1, 0.15) is 20.0 Å². The molecule has 5 nitrogen and oxygen atoms in total. The molecule has 0 radical (unpaired) electrons. The Morgan fingerprint density at radius 2 is 1.71 bits per heavy atom. The van der Waals surface area contributed by atoms with Crippen molar-refractivity contribution in [2.24, 2.45) is 0 Å². The van der Waals surface area contributed by atoms with Crippen LogP contribution >= 0.6 is 22.9 Å². The van der Waals surface area contributed by atoms with Gasteiger partial charge in [0.25, 0.3) is 11.8 Å². The van der Waals surface area contributed by atoms with Gasteiger partial charge in [0.05, 0.1) is 10.4 Å². The molecule has 0 bridgehead atoms. The molecule has 1 aromatic carbocycles. The van der Waals surface area contributed by atoms with Gasteiger partial charge in [-0.2, -0.15) is 0 Å². The number of hydrogen-bond acceptors (Lipinski definition) is 4. The molecular formula is C17H12ClN3O2S. The Bertz CT molecular complexity index is 863. The molecule has 7 heteroatoms. The summed E-state index contributed by atoms with van der Waals surface area (Å²) in [7, 11) is 0. The number of rotatable bonds is 3. The van der Waals surface area contributed by atoms with Crippen LogP contribution in [-0.2, 0) is 0 Å². The highest BCUT2D eigenvalue weighted by Crippen LogP contribution is 2.28. The zero-order valence-corrected chi connectivity index (χ0v) is 13.9. The number of aromatic nitrogens is 1. The third-order valence-electron chi connectivity index (χ3n) is 3.17. The molecule has 0 aliphatic heterocycles. The van der Waals surface area contributed by atoms with Crippen LogP contribution in [0.3, 0.4) is 0 Å². The maximum Gasteiger partial charge on any atom is 0.279 e. The molecule has 3 rings (SSSR count). The Morgan fingerprint density at radius 1 is 0.958 bits per heavy atom. The SMILES string of the molecule is O=C(NNC(=O)c1ccc(-c2ccc(Cl)cc2)s1)c1cccnc1. The lowest BCUT2D eigenvalue weighted by molar-refractivity contribution is 0.0848. The number of nitrogens with one attached hydrogen (secondary N) is 2. The number of pyridine rings is 1. The maximum absolute atomic E-state index is 12.1. The van der Waals surface area contributed by atoms with E-state index in [1.165, 1.54) is 17.5 Å². The molecule has 2 heterocycles. The second kappa shape index (κ2) is 7.25. The molecular weight excluding hydrogens is 346 g/mol. The summed E-state index contributed by atoms with van der Waals surface area (Å²) in [4.78, 5) is 29.3. The first-order valence-electron chi connectivity index (χ1n) is 7.00. The molecule has 0 aliphatic carbocycles. The lowest BCUT2D eigenvalue weighted by Gasteiger charge is -2.05. The molecule has 0 fully saturated rings. The van der Waals surface area contributed by atoms with Crippen molar-refractivity contribution in [1.29, 1.82) is 0 Å². The third kappa shape index (κ3) is 3.79. The van der Waals surface area contributed by atoms with Gasteiger partial charge in [0.1, 0.15) is 0 Å². The molecule has 0 saturated carbocycles. The van der Waals surface area contributed by atoms with Gasteiger partial charge in [0.2, 0.25) is 0 Å². The predicted molar refractivity (Wildman–Crippen MR) is 93.9 cm³/mol. The highest BCUT2D eigenvalue weighted by Gasteiger charge is 2.12. The van der Waals surface area contributed by atoms with Crippen LogP contribution in [0.25, 0.3) is 10.4 Å². The number of amides is 2. The molecule has 24 heavy (non-hydrogen) atoms. The number of carbonyl (C=O) groups is 2. The topological polar surface area (TPSA) is 71.1 Å². The third-order valence-corrected chi connectivity index (χ3v) is 4.56. The molecule has 2 aromatic heterocycles. The van der Waals surface area contributed by atoms with Crippen LogP contribution < -0.4 is 10.9 Å².